The number of amides is 1. The smallest absolute Gasteiger partial charge is 0.220 e. The number of carbonyl (C=O) groups is 1. The highest BCUT2D eigenvalue weighted by atomic mass is 35.5. The molecule has 0 spiro atoms. The Bertz CT molecular complexity index is 413. The van der Waals surface area contributed by atoms with Gasteiger partial charge in [-0.1, -0.05) is 29.3 Å². The monoisotopic (exact) mass is 324 g/mol. The molecule has 0 bridgehead atoms. The third-order valence-electron chi connectivity index (χ3n) is 2.72. The third-order valence-corrected chi connectivity index (χ3v) is 3.46. The van der Waals surface area contributed by atoms with Crippen molar-refractivity contribution in [3.63, 3.8) is 0 Å². The Hall–Kier alpha value is -0.480. The molecule has 0 heterocycles. The van der Waals surface area contributed by atoms with Crippen molar-refractivity contribution in [3.05, 3.63) is 33.8 Å². The van der Waals surface area contributed by atoms with Crippen LogP contribution in [0.1, 0.15) is 18.9 Å². The fraction of sp³-hybridized carbons (Fsp3) is 0.462. The van der Waals surface area contributed by atoms with Gasteiger partial charge in [0, 0.05) is 19.0 Å². The predicted octanol–water partition coefficient (Wildman–Crippen LogP) is 3.07. The van der Waals surface area contributed by atoms with Crippen LogP contribution in [0, 0.1) is 0 Å². The Kier molecular flexibility index (Phi) is 9.19. The van der Waals surface area contributed by atoms with Crippen LogP contribution in [-0.4, -0.2) is 25.5 Å². The van der Waals surface area contributed by atoms with Crippen LogP contribution in [0.4, 0.5) is 0 Å². The normalized spacial score (nSPS) is 11.6. The van der Waals surface area contributed by atoms with E-state index in [1.165, 1.54) is 0 Å². The molecular formula is C13H19Cl3N2O. The van der Waals surface area contributed by atoms with E-state index in [9.17, 15) is 4.79 Å². The maximum atomic E-state index is 11.6. The van der Waals surface area contributed by atoms with E-state index in [1.807, 2.05) is 20.0 Å². The summed E-state index contributed by atoms with van der Waals surface area (Å²) in [6.07, 6.45) is 1.12. The lowest BCUT2D eigenvalue weighted by Gasteiger charge is -2.11. The number of benzene rings is 1. The summed E-state index contributed by atoms with van der Waals surface area (Å²) in [4.78, 5) is 11.6. The first-order valence-corrected chi connectivity index (χ1v) is 6.66. The van der Waals surface area contributed by atoms with Gasteiger partial charge >= 0.3 is 0 Å². The lowest BCUT2D eigenvalue weighted by atomic mass is 10.1. The van der Waals surface area contributed by atoms with E-state index in [0.717, 1.165) is 5.56 Å². The predicted molar refractivity (Wildman–Crippen MR) is 83.6 cm³/mol. The molecule has 0 saturated heterocycles. The number of rotatable bonds is 6. The largest absolute Gasteiger partial charge is 0.355 e. The van der Waals surface area contributed by atoms with Gasteiger partial charge in [-0.05, 0) is 38.1 Å². The summed E-state index contributed by atoms with van der Waals surface area (Å²) in [7, 11) is 1.87. The summed E-state index contributed by atoms with van der Waals surface area (Å²) in [6, 6.07) is 5.71. The lowest BCUT2D eigenvalue weighted by Crippen LogP contribution is -2.37. The zero-order valence-corrected chi connectivity index (χ0v) is 13.3. The molecule has 1 aromatic rings. The van der Waals surface area contributed by atoms with Crippen LogP contribution in [0.5, 0.6) is 0 Å². The summed E-state index contributed by atoms with van der Waals surface area (Å²) in [6.45, 7) is 2.65. The van der Waals surface area contributed by atoms with Gasteiger partial charge in [-0.3, -0.25) is 4.79 Å². The molecule has 6 heteroatoms. The number of likely N-dealkylation sites (N-methyl/N-ethyl adjacent to an activating group) is 1. The summed E-state index contributed by atoms with van der Waals surface area (Å²) < 4.78 is 0. The first-order chi connectivity index (χ1) is 8.52. The van der Waals surface area contributed by atoms with Crippen LogP contribution in [0.2, 0.25) is 10.0 Å². The molecule has 1 amide bonds. The summed E-state index contributed by atoms with van der Waals surface area (Å²) in [5.74, 6) is 0.0446. The van der Waals surface area contributed by atoms with Gasteiger partial charge in [-0.25, -0.2) is 0 Å². The zero-order valence-electron chi connectivity index (χ0n) is 11.0. The first-order valence-electron chi connectivity index (χ1n) is 5.91. The van der Waals surface area contributed by atoms with Crippen LogP contribution in [0.25, 0.3) is 0 Å². The molecular weight excluding hydrogens is 307 g/mol. The Morgan fingerprint density at radius 2 is 2.00 bits per heavy atom. The van der Waals surface area contributed by atoms with Gasteiger partial charge < -0.3 is 10.6 Å². The quantitative estimate of drug-likeness (QED) is 0.844. The van der Waals surface area contributed by atoms with E-state index >= 15 is 0 Å². The molecule has 1 atom stereocenters. The van der Waals surface area contributed by atoms with Gasteiger partial charge in [0.25, 0.3) is 0 Å². The molecule has 0 radical (unpaired) electrons. The van der Waals surface area contributed by atoms with Crippen molar-refractivity contribution in [2.75, 3.05) is 13.6 Å². The lowest BCUT2D eigenvalue weighted by molar-refractivity contribution is -0.121. The number of halogens is 3. The number of nitrogens with one attached hydrogen (secondary N) is 2. The second kappa shape index (κ2) is 9.43. The van der Waals surface area contributed by atoms with E-state index in [1.54, 1.807) is 12.1 Å². The fourth-order valence-electron chi connectivity index (χ4n) is 1.41. The molecule has 19 heavy (non-hydrogen) atoms. The minimum Gasteiger partial charge on any atom is -0.355 e. The Balaban J connectivity index is 0.00000324. The van der Waals surface area contributed by atoms with Crippen LogP contribution in [-0.2, 0) is 11.2 Å². The minimum atomic E-state index is 0. The highest BCUT2D eigenvalue weighted by molar-refractivity contribution is 6.42. The molecule has 1 unspecified atom stereocenters. The number of aryl methyl sites for hydroxylation is 1. The van der Waals surface area contributed by atoms with Crippen LogP contribution < -0.4 is 10.6 Å². The molecule has 0 saturated carbocycles. The highest BCUT2D eigenvalue weighted by Crippen LogP contribution is 2.23. The van der Waals surface area contributed by atoms with Gasteiger partial charge in [0.2, 0.25) is 5.91 Å². The van der Waals surface area contributed by atoms with E-state index in [0.29, 0.717) is 29.4 Å². The van der Waals surface area contributed by atoms with Crippen molar-refractivity contribution in [1.82, 2.24) is 10.6 Å². The molecule has 3 nitrogen and oxygen atoms in total. The molecule has 2 N–H and O–H groups in total. The molecule has 0 aliphatic rings. The van der Waals surface area contributed by atoms with Gasteiger partial charge in [0.05, 0.1) is 10.0 Å². The van der Waals surface area contributed by atoms with Crippen molar-refractivity contribution < 1.29 is 4.79 Å². The second-order valence-corrected chi connectivity index (χ2v) is 5.06. The minimum absolute atomic E-state index is 0. The number of hydrogen-bond donors (Lipinski definition) is 2. The van der Waals surface area contributed by atoms with E-state index in [4.69, 9.17) is 23.2 Å². The van der Waals surface area contributed by atoms with Crippen molar-refractivity contribution in [2.45, 2.75) is 25.8 Å². The Labute approximate surface area is 130 Å². The van der Waals surface area contributed by atoms with E-state index < -0.39 is 0 Å². The van der Waals surface area contributed by atoms with Gasteiger partial charge in [-0.15, -0.1) is 12.4 Å². The number of carbonyl (C=O) groups excluding carboxylic acids is 1. The molecule has 0 aromatic heterocycles. The Morgan fingerprint density at radius 3 is 2.58 bits per heavy atom. The first kappa shape index (κ1) is 18.5. The van der Waals surface area contributed by atoms with Crippen molar-refractivity contribution in [1.29, 1.82) is 0 Å². The van der Waals surface area contributed by atoms with Crippen molar-refractivity contribution in [3.8, 4) is 0 Å². The molecule has 0 fully saturated rings. The van der Waals surface area contributed by atoms with E-state index in [-0.39, 0.29) is 24.4 Å². The molecule has 1 aromatic carbocycles. The SMILES string of the molecule is CNC(C)CNC(=O)CCc1ccc(Cl)c(Cl)c1.Cl. The standard InChI is InChI=1S/C13H18Cl2N2O.ClH/c1-9(16-2)8-17-13(18)6-4-10-3-5-11(14)12(15)7-10;/h3,5,7,9,16H,4,6,8H2,1-2H3,(H,17,18);1H. The van der Waals surface area contributed by atoms with Gasteiger partial charge in [0.15, 0.2) is 0 Å². The summed E-state index contributed by atoms with van der Waals surface area (Å²) in [5, 5.41) is 6.99. The summed E-state index contributed by atoms with van der Waals surface area (Å²) in [5.41, 5.74) is 1.02. The molecule has 0 aliphatic heterocycles. The number of hydrogen-bond acceptors (Lipinski definition) is 2. The molecule has 1 rings (SSSR count). The highest BCUT2D eigenvalue weighted by Gasteiger charge is 2.05. The van der Waals surface area contributed by atoms with Crippen molar-refractivity contribution >= 4 is 41.5 Å². The van der Waals surface area contributed by atoms with Crippen LogP contribution in [0.15, 0.2) is 18.2 Å². The zero-order chi connectivity index (χ0) is 13.5. The second-order valence-electron chi connectivity index (χ2n) is 4.24. The van der Waals surface area contributed by atoms with Gasteiger partial charge in [-0.2, -0.15) is 0 Å². The van der Waals surface area contributed by atoms with E-state index in [2.05, 4.69) is 10.6 Å². The van der Waals surface area contributed by atoms with Crippen LogP contribution >= 0.6 is 35.6 Å². The summed E-state index contributed by atoms with van der Waals surface area (Å²) >= 11 is 11.7. The molecule has 108 valence electrons. The topological polar surface area (TPSA) is 41.1 Å². The average molecular weight is 326 g/mol. The fourth-order valence-corrected chi connectivity index (χ4v) is 1.73. The maximum Gasteiger partial charge on any atom is 0.220 e. The van der Waals surface area contributed by atoms with Gasteiger partial charge in [0.1, 0.15) is 0 Å². The van der Waals surface area contributed by atoms with Crippen molar-refractivity contribution in [2.24, 2.45) is 0 Å². The maximum absolute atomic E-state index is 11.6. The third kappa shape index (κ3) is 7.02. The molecule has 0 aliphatic carbocycles. The Morgan fingerprint density at radius 1 is 1.32 bits per heavy atom. The van der Waals surface area contributed by atoms with Crippen LogP contribution in [0.3, 0.4) is 0 Å². The average Bonchev–Trinajstić information content (AvgIpc) is 2.37.